The normalized spacial score (nSPS) is 22.9. The van der Waals surface area contributed by atoms with Crippen LogP contribution in [-0.2, 0) is 0 Å². The predicted octanol–water partition coefficient (Wildman–Crippen LogP) is 1.58. The Labute approximate surface area is 109 Å². The lowest BCUT2D eigenvalue weighted by molar-refractivity contribution is 0.191. The lowest BCUT2D eigenvalue weighted by Crippen LogP contribution is -2.15. The van der Waals surface area contributed by atoms with Gasteiger partial charge in [0, 0.05) is 12.1 Å². The second-order valence-corrected chi connectivity index (χ2v) is 4.77. The molecular formula is C13H14FN3O2. The summed E-state index contributed by atoms with van der Waals surface area (Å²) in [4.78, 5) is 4.31. The smallest absolute Gasteiger partial charge is 0.244 e. The van der Waals surface area contributed by atoms with Crippen molar-refractivity contribution in [1.29, 1.82) is 0 Å². The maximum absolute atomic E-state index is 13.1. The lowest BCUT2D eigenvalue weighted by atomic mass is 10.1. The van der Waals surface area contributed by atoms with Gasteiger partial charge in [-0.05, 0) is 37.1 Å². The van der Waals surface area contributed by atoms with Crippen LogP contribution in [0.4, 0.5) is 4.39 Å². The van der Waals surface area contributed by atoms with Crippen molar-refractivity contribution >= 4 is 0 Å². The summed E-state index contributed by atoms with van der Waals surface area (Å²) in [5, 5.41) is 16.5. The highest BCUT2D eigenvalue weighted by atomic mass is 19.1. The van der Waals surface area contributed by atoms with Gasteiger partial charge in [0.1, 0.15) is 5.82 Å². The van der Waals surface area contributed by atoms with E-state index in [0.29, 0.717) is 24.7 Å². The van der Waals surface area contributed by atoms with E-state index in [4.69, 9.17) is 4.52 Å². The highest BCUT2D eigenvalue weighted by molar-refractivity contribution is 5.59. The molecule has 0 spiro atoms. The van der Waals surface area contributed by atoms with E-state index in [9.17, 15) is 9.50 Å². The fraction of sp³-hybridized carbons (Fsp3) is 0.385. The Morgan fingerprint density at radius 3 is 3.00 bits per heavy atom. The van der Waals surface area contributed by atoms with Crippen LogP contribution in [0.2, 0.25) is 0 Å². The number of nitrogens with one attached hydrogen (secondary N) is 1. The molecule has 6 heteroatoms. The molecule has 1 fully saturated rings. The van der Waals surface area contributed by atoms with Gasteiger partial charge >= 0.3 is 0 Å². The number of aryl methyl sites for hydroxylation is 1. The molecule has 2 heterocycles. The molecule has 2 unspecified atom stereocenters. The number of aromatic nitrogens is 2. The van der Waals surface area contributed by atoms with Crippen LogP contribution < -0.4 is 5.32 Å². The Kier molecular flexibility index (Phi) is 3.04. The zero-order chi connectivity index (χ0) is 13.4. The molecule has 2 aromatic rings. The summed E-state index contributed by atoms with van der Waals surface area (Å²) >= 11 is 0. The summed E-state index contributed by atoms with van der Waals surface area (Å²) in [5.41, 5.74) is 1.50. The molecule has 0 amide bonds. The molecule has 3 rings (SSSR count). The number of halogens is 1. The van der Waals surface area contributed by atoms with Gasteiger partial charge in [0.05, 0.1) is 12.1 Å². The van der Waals surface area contributed by atoms with Crippen molar-refractivity contribution < 1.29 is 14.0 Å². The maximum atomic E-state index is 13.1. The number of benzene rings is 1. The van der Waals surface area contributed by atoms with E-state index < -0.39 is 0 Å². The topological polar surface area (TPSA) is 71.2 Å². The van der Waals surface area contributed by atoms with Crippen molar-refractivity contribution in [2.75, 3.05) is 6.54 Å². The number of aliphatic hydroxyl groups is 1. The zero-order valence-corrected chi connectivity index (χ0v) is 10.4. The first-order valence-corrected chi connectivity index (χ1v) is 6.15. The van der Waals surface area contributed by atoms with Crippen LogP contribution in [0.15, 0.2) is 22.7 Å². The van der Waals surface area contributed by atoms with Gasteiger partial charge in [-0.3, -0.25) is 0 Å². The van der Waals surface area contributed by atoms with Gasteiger partial charge in [0.2, 0.25) is 11.7 Å². The fourth-order valence-electron chi connectivity index (χ4n) is 2.27. The van der Waals surface area contributed by atoms with Crippen molar-refractivity contribution in [2.24, 2.45) is 0 Å². The summed E-state index contributed by atoms with van der Waals surface area (Å²) in [6.07, 6.45) is 0.178. The van der Waals surface area contributed by atoms with Gasteiger partial charge < -0.3 is 14.9 Å². The molecule has 0 saturated carbocycles. The number of aliphatic hydroxyl groups excluding tert-OH is 1. The van der Waals surface area contributed by atoms with Crippen LogP contribution in [0.1, 0.15) is 23.9 Å². The van der Waals surface area contributed by atoms with Crippen molar-refractivity contribution in [3.63, 3.8) is 0 Å². The number of β-amino-alcohol motifs (C(OH)–C–C–N with tert-alkyl or cyclic N) is 1. The Bertz CT molecular complexity index is 599. The number of rotatable bonds is 2. The largest absolute Gasteiger partial charge is 0.392 e. The van der Waals surface area contributed by atoms with Crippen molar-refractivity contribution in [2.45, 2.75) is 25.5 Å². The van der Waals surface area contributed by atoms with Gasteiger partial charge in [-0.25, -0.2) is 4.39 Å². The van der Waals surface area contributed by atoms with Crippen molar-refractivity contribution in [3.8, 4) is 11.4 Å². The average molecular weight is 263 g/mol. The quantitative estimate of drug-likeness (QED) is 0.860. The number of hydrogen-bond acceptors (Lipinski definition) is 5. The van der Waals surface area contributed by atoms with Gasteiger partial charge in [0.25, 0.3) is 0 Å². The van der Waals surface area contributed by atoms with Crippen LogP contribution in [0.3, 0.4) is 0 Å². The van der Waals surface area contributed by atoms with Gasteiger partial charge in [-0.2, -0.15) is 4.98 Å². The summed E-state index contributed by atoms with van der Waals surface area (Å²) in [6, 6.07) is 4.33. The lowest BCUT2D eigenvalue weighted by Gasteiger charge is -2.02. The Hall–Kier alpha value is -1.79. The molecule has 0 bridgehead atoms. The molecule has 1 aromatic heterocycles. The highest BCUT2D eigenvalue weighted by Crippen LogP contribution is 2.26. The first-order valence-electron chi connectivity index (χ1n) is 6.15. The molecule has 100 valence electrons. The first kappa shape index (κ1) is 12.3. The minimum absolute atomic E-state index is 0.114. The van der Waals surface area contributed by atoms with Gasteiger partial charge in [-0.15, -0.1) is 0 Å². The minimum Gasteiger partial charge on any atom is -0.392 e. The molecule has 2 N–H and O–H groups in total. The van der Waals surface area contributed by atoms with Crippen LogP contribution >= 0.6 is 0 Å². The van der Waals surface area contributed by atoms with Crippen LogP contribution in [0, 0.1) is 12.7 Å². The highest BCUT2D eigenvalue weighted by Gasteiger charge is 2.28. The molecule has 19 heavy (non-hydrogen) atoms. The molecule has 2 atom stereocenters. The first-order chi connectivity index (χ1) is 9.13. The summed E-state index contributed by atoms with van der Waals surface area (Å²) in [5.74, 6) is 0.608. The Morgan fingerprint density at radius 1 is 1.47 bits per heavy atom. The number of hydrogen-bond donors (Lipinski definition) is 2. The van der Waals surface area contributed by atoms with Gasteiger partial charge in [-0.1, -0.05) is 5.16 Å². The molecular weight excluding hydrogens is 249 g/mol. The molecule has 1 saturated heterocycles. The Morgan fingerprint density at radius 2 is 2.32 bits per heavy atom. The zero-order valence-electron chi connectivity index (χ0n) is 10.4. The third-order valence-corrected chi connectivity index (χ3v) is 3.28. The molecule has 1 aromatic carbocycles. The van der Waals surface area contributed by atoms with E-state index in [2.05, 4.69) is 15.5 Å². The van der Waals surface area contributed by atoms with E-state index in [1.165, 1.54) is 12.1 Å². The van der Waals surface area contributed by atoms with Crippen LogP contribution in [0.5, 0.6) is 0 Å². The van der Waals surface area contributed by atoms with Gasteiger partial charge in [0.15, 0.2) is 0 Å². The third kappa shape index (κ3) is 2.36. The SMILES string of the molecule is Cc1cc(F)ccc1-c1noc(C2CC(O)CN2)n1. The molecule has 0 radical (unpaired) electrons. The maximum Gasteiger partial charge on any atom is 0.244 e. The van der Waals surface area contributed by atoms with E-state index in [-0.39, 0.29) is 18.0 Å². The summed E-state index contributed by atoms with van der Waals surface area (Å²) in [7, 11) is 0. The average Bonchev–Trinajstić information content (AvgIpc) is 2.97. The second-order valence-electron chi connectivity index (χ2n) is 4.77. The van der Waals surface area contributed by atoms with Crippen molar-refractivity contribution in [3.05, 3.63) is 35.5 Å². The van der Waals surface area contributed by atoms with E-state index in [0.717, 1.165) is 11.1 Å². The van der Waals surface area contributed by atoms with E-state index in [1.807, 2.05) is 0 Å². The van der Waals surface area contributed by atoms with Crippen LogP contribution in [0.25, 0.3) is 11.4 Å². The molecule has 0 aliphatic carbocycles. The summed E-state index contributed by atoms with van der Waals surface area (Å²) in [6.45, 7) is 2.32. The number of nitrogens with zero attached hydrogens (tertiary/aromatic N) is 2. The minimum atomic E-state index is -0.382. The van der Waals surface area contributed by atoms with E-state index >= 15 is 0 Å². The fourth-order valence-corrected chi connectivity index (χ4v) is 2.27. The standard InChI is InChI=1S/C13H14FN3O2/c1-7-4-8(14)2-3-10(7)12-16-13(19-17-12)11-5-9(18)6-15-11/h2-4,9,11,15,18H,5-6H2,1H3. The monoisotopic (exact) mass is 263 g/mol. The molecule has 1 aliphatic rings. The predicted molar refractivity (Wildman–Crippen MR) is 65.8 cm³/mol. The van der Waals surface area contributed by atoms with E-state index in [1.54, 1.807) is 13.0 Å². The third-order valence-electron chi connectivity index (χ3n) is 3.28. The second kappa shape index (κ2) is 4.71. The van der Waals surface area contributed by atoms with Crippen molar-refractivity contribution in [1.82, 2.24) is 15.5 Å². The van der Waals surface area contributed by atoms with Crippen LogP contribution in [-0.4, -0.2) is 27.9 Å². The summed E-state index contributed by atoms with van der Waals surface area (Å²) < 4.78 is 18.3. The Balaban J connectivity index is 1.88. The molecule has 1 aliphatic heterocycles. The molecule has 5 nitrogen and oxygen atoms in total.